The molecule has 3 aromatic rings. The van der Waals surface area contributed by atoms with Crippen LogP contribution in [-0.2, 0) is 0 Å². The third-order valence-electron chi connectivity index (χ3n) is 7.21. The fourth-order valence-corrected chi connectivity index (χ4v) is 5.10. The van der Waals surface area contributed by atoms with E-state index in [1.807, 2.05) is 11.0 Å². The lowest BCUT2D eigenvalue weighted by atomic mass is 9.93. The molecule has 0 bridgehead atoms. The van der Waals surface area contributed by atoms with Gasteiger partial charge in [0.15, 0.2) is 17.3 Å². The minimum absolute atomic E-state index is 0.0226. The highest BCUT2D eigenvalue weighted by molar-refractivity contribution is 6.31. The zero-order valence-electron chi connectivity index (χ0n) is 21.5. The quantitative estimate of drug-likeness (QED) is 0.461. The molecule has 1 aliphatic heterocycles. The van der Waals surface area contributed by atoms with Crippen LogP contribution in [-0.4, -0.2) is 78.3 Å². The van der Waals surface area contributed by atoms with E-state index in [9.17, 15) is 9.18 Å². The molecule has 0 radical (unpaired) electrons. The van der Waals surface area contributed by atoms with E-state index in [-0.39, 0.29) is 28.9 Å². The fraction of sp³-hybridized carbons (Fsp3) is 0.444. The Hall–Kier alpha value is -3.37. The second-order valence-corrected chi connectivity index (χ2v) is 10.2. The van der Waals surface area contributed by atoms with Gasteiger partial charge in [-0.1, -0.05) is 17.7 Å². The predicted octanol–water partition coefficient (Wildman–Crippen LogP) is 4.82. The molecule has 0 spiro atoms. The van der Waals surface area contributed by atoms with E-state index in [0.29, 0.717) is 28.2 Å². The van der Waals surface area contributed by atoms with Crippen molar-refractivity contribution >= 4 is 40.0 Å². The van der Waals surface area contributed by atoms with E-state index in [1.165, 1.54) is 12.4 Å². The summed E-state index contributed by atoms with van der Waals surface area (Å²) >= 11 is 5.94. The molecule has 0 unspecified atom stereocenters. The maximum Gasteiger partial charge on any atom is 0.317 e. The lowest BCUT2D eigenvalue weighted by Gasteiger charge is -2.35. The molecule has 0 atom stereocenters. The van der Waals surface area contributed by atoms with Crippen LogP contribution in [0.4, 0.5) is 20.7 Å². The Morgan fingerprint density at radius 2 is 1.84 bits per heavy atom. The van der Waals surface area contributed by atoms with Crippen LogP contribution in [0.3, 0.4) is 0 Å². The highest BCUT2D eigenvalue weighted by atomic mass is 35.5. The van der Waals surface area contributed by atoms with Gasteiger partial charge in [0.25, 0.3) is 0 Å². The van der Waals surface area contributed by atoms with Gasteiger partial charge in [-0.15, -0.1) is 0 Å². The number of amides is 2. The number of carbonyl (C=O) groups is 1. The number of halogens is 2. The topological polar surface area (TPSA) is 91.8 Å². The number of nitrogens with one attached hydrogen (secondary N) is 2. The summed E-state index contributed by atoms with van der Waals surface area (Å²) in [5.41, 5.74) is 0.845. The zero-order valence-corrected chi connectivity index (χ0v) is 22.3. The van der Waals surface area contributed by atoms with E-state index < -0.39 is 5.82 Å². The van der Waals surface area contributed by atoms with Crippen molar-refractivity contribution in [3.8, 4) is 11.5 Å². The molecule has 2 amide bonds. The van der Waals surface area contributed by atoms with Crippen molar-refractivity contribution in [1.82, 2.24) is 25.1 Å². The summed E-state index contributed by atoms with van der Waals surface area (Å²) in [5.74, 6) is 0.998. The maximum atomic E-state index is 14.5. The molecule has 202 valence electrons. The van der Waals surface area contributed by atoms with E-state index in [1.54, 1.807) is 25.3 Å². The fourth-order valence-electron chi connectivity index (χ4n) is 4.92. The number of piperazine rings is 1. The molecule has 2 heterocycles. The Bertz CT molecular complexity index is 1300. The van der Waals surface area contributed by atoms with Crippen LogP contribution in [0.25, 0.3) is 10.9 Å². The Morgan fingerprint density at radius 3 is 2.58 bits per heavy atom. The summed E-state index contributed by atoms with van der Waals surface area (Å²) in [6.07, 6.45) is 4.67. The number of ether oxygens (including phenoxy) is 2. The number of rotatable bonds is 6. The monoisotopic (exact) mass is 542 g/mol. The second-order valence-electron chi connectivity index (χ2n) is 9.80. The molecule has 5 rings (SSSR count). The van der Waals surface area contributed by atoms with E-state index in [4.69, 9.17) is 21.1 Å². The lowest BCUT2D eigenvalue weighted by Crippen LogP contribution is -2.53. The summed E-state index contributed by atoms with van der Waals surface area (Å²) in [6.45, 7) is 3.32. The Labute approximate surface area is 226 Å². The average molecular weight is 543 g/mol. The molecular formula is C27H32ClFN6O3. The van der Waals surface area contributed by atoms with Crippen molar-refractivity contribution in [2.24, 2.45) is 0 Å². The summed E-state index contributed by atoms with van der Waals surface area (Å²) in [4.78, 5) is 25.4. The van der Waals surface area contributed by atoms with Gasteiger partial charge in [0.05, 0.1) is 29.4 Å². The van der Waals surface area contributed by atoms with Crippen molar-refractivity contribution in [2.75, 3.05) is 45.7 Å². The molecule has 9 nitrogen and oxygen atoms in total. The molecule has 1 saturated carbocycles. The first-order chi connectivity index (χ1) is 18.4. The first-order valence-corrected chi connectivity index (χ1v) is 13.2. The number of hydrogen-bond donors (Lipinski definition) is 2. The van der Waals surface area contributed by atoms with Crippen LogP contribution < -0.4 is 20.1 Å². The number of benzene rings is 2. The van der Waals surface area contributed by atoms with Gasteiger partial charge in [-0.25, -0.2) is 19.2 Å². The molecule has 2 aliphatic rings. The highest BCUT2D eigenvalue weighted by Crippen LogP contribution is 2.37. The molecular weight excluding hydrogens is 511 g/mol. The predicted molar refractivity (Wildman–Crippen MR) is 145 cm³/mol. The van der Waals surface area contributed by atoms with Crippen molar-refractivity contribution in [2.45, 2.75) is 37.8 Å². The second kappa shape index (κ2) is 11.6. The van der Waals surface area contributed by atoms with Crippen molar-refractivity contribution in [3.63, 3.8) is 0 Å². The van der Waals surface area contributed by atoms with Gasteiger partial charge in [0.1, 0.15) is 12.1 Å². The number of hydrogen-bond acceptors (Lipinski definition) is 7. The van der Waals surface area contributed by atoms with Crippen molar-refractivity contribution in [1.29, 1.82) is 0 Å². The van der Waals surface area contributed by atoms with Crippen LogP contribution >= 0.6 is 11.6 Å². The highest BCUT2D eigenvalue weighted by Gasteiger charge is 2.27. The molecule has 1 saturated heterocycles. The molecule has 38 heavy (non-hydrogen) atoms. The first kappa shape index (κ1) is 26.2. The van der Waals surface area contributed by atoms with Gasteiger partial charge in [-0.2, -0.15) is 0 Å². The van der Waals surface area contributed by atoms with Crippen LogP contribution in [0.5, 0.6) is 11.5 Å². The Kier molecular flexibility index (Phi) is 7.99. The van der Waals surface area contributed by atoms with Crippen LogP contribution in [0, 0.1) is 5.82 Å². The molecule has 2 aromatic carbocycles. The van der Waals surface area contributed by atoms with Gasteiger partial charge < -0.3 is 29.9 Å². The molecule has 1 aliphatic carbocycles. The lowest BCUT2D eigenvalue weighted by molar-refractivity contribution is 0.126. The normalized spacial score (nSPS) is 20.3. The standard InChI is InChI=1S/C27H32ClFN6O3/c1-34-10-12-35(13-11-34)27(36)32-17-6-8-18(9-7-17)38-24-14-19-22(15-23(24)37-2)30-16-31-26(19)33-21-5-3-4-20(28)25(21)29/h3-5,14-18H,6-13H2,1-2H3,(H,32,36)(H,30,31,33)/t17-,18+. The van der Waals surface area contributed by atoms with Crippen molar-refractivity contribution in [3.05, 3.63) is 47.5 Å². The van der Waals surface area contributed by atoms with E-state index >= 15 is 0 Å². The van der Waals surface area contributed by atoms with Crippen LogP contribution in [0.2, 0.25) is 5.02 Å². The largest absolute Gasteiger partial charge is 0.493 e. The number of anilines is 2. The van der Waals surface area contributed by atoms with E-state index in [0.717, 1.165) is 51.9 Å². The van der Waals surface area contributed by atoms with Gasteiger partial charge >= 0.3 is 6.03 Å². The van der Waals surface area contributed by atoms with Gasteiger partial charge in [-0.3, -0.25) is 0 Å². The van der Waals surface area contributed by atoms with Gasteiger partial charge in [-0.05, 0) is 50.9 Å². The number of fused-ring (bicyclic) bond motifs is 1. The minimum Gasteiger partial charge on any atom is -0.493 e. The maximum absolute atomic E-state index is 14.5. The number of carbonyl (C=O) groups excluding carboxylic acids is 1. The minimum atomic E-state index is -0.553. The van der Waals surface area contributed by atoms with Crippen molar-refractivity contribution < 1.29 is 18.7 Å². The smallest absolute Gasteiger partial charge is 0.317 e. The Balaban J connectivity index is 1.26. The summed E-state index contributed by atoms with van der Waals surface area (Å²) < 4.78 is 26.5. The third-order valence-corrected chi connectivity index (χ3v) is 7.50. The van der Waals surface area contributed by atoms with Gasteiger partial charge in [0.2, 0.25) is 0 Å². The number of urea groups is 1. The average Bonchev–Trinajstić information content (AvgIpc) is 2.92. The SMILES string of the molecule is COc1cc2ncnc(Nc3cccc(Cl)c3F)c2cc1O[C@H]1CC[C@@H](NC(=O)N2CCN(C)CC2)CC1. The third kappa shape index (κ3) is 5.86. The Morgan fingerprint density at radius 1 is 1.08 bits per heavy atom. The van der Waals surface area contributed by atoms with E-state index in [2.05, 4.69) is 32.5 Å². The molecule has 11 heteroatoms. The number of methoxy groups -OCH3 is 1. The van der Waals surface area contributed by atoms with Gasteiger partial charge in [0, 0.05) is 43.7 Å². The number of nitrogens with zero attached hydrogens (tertiary/aromatic N) is 4. The molecule has 2 N–H and O–H groups in total. The number of aromatic nitrogens is 2. The number of likely N-dealkylation sites (N-methyl/N-ethyl adjacent to an activating group) is 1. The first-order valence-electron chi connectivity index (χ1n) is 12.9. The zero-order chi connectivity index (χ0) is 26.6. The summed E-state index contributed by atoms with van der Waals surface area (Å²) in [7, 11) is 3.66. The summed E-state index contributed by atoms with van der Waals surface area (Å²) in [5, 5.41) is 6.91. The van der Waals surface area contributed by atoms with Crippen LogP contribution in [0.15, 0.2) is 36.7 Å². The summed E-state index contributed by atoms with van der Waals surface area (Å²) in [6, 6.07) is 8.51. The van der Waals surface area contributed by atoms with Crippen LogP contribution in [0.1, 0.15) is 25.7 Å². The molecule has 2 fully saturated rings. The molecule has 1 aromatic heterocycles.